The molecule has 0 aromatic rings. The summed E-state index contributed by atoms with van der Waals surface area (Å²) in [6.07, 6.45) is 0.765. The summed E-state index contributed by atoms with van der Waals surface area (Å²) in [6.45, 7) is 5.04. The van der Waals surface area contributed by atoms with Crippen molar-refractivity contribution in [1.82, 2.24) is 14.7 Å². The van der Waals surface area contributed by atoms with E-state index in [1.807, 2.05) is 0 Å². The summed E-state index contributed by atoms with van der Waals surface area (Å²) >= 11 is 0. The Labute approximate surface area is 108 Å². The number of carbonyl (C=O) groups is 2. The number of rotatable bonds is 6. The Bertz CT molecular complexity index is 286. The number of carbonyl (C=O) groups excluding carboxylic acids is 1. The summed E-state index contributed by atoms with van der Waals surface area (Å²) in [4.78, 5) is 28.0. The van der Waals surface area contributed by atoms with E-state index in [2.05, 4.69) is 9.80 Å². The molecule has 6 heteroatoms. The highest BCUT2D eigenvalue weighted by atomic mass is 16.4. The minimum absolute atomic E-state index is 0.156. The van der Waals surface area contributed by atoms with Gasteiger partial charge in [-0.2, -0.15) is 0 Å². The molecule has 1 aliphatic rings. The van der Waals surface area contributed by atoms with Crippen molar-refractivity contribution in [2.45, 2.75) is 12.8 Å². The number of aliphatic carboxylic acids is 1. The Morgan fingerprint density at radius 1 is 1.00 bits per heavy atom. The van der Waals surface area contributed by atoms with Crippen LogP contribution in [0.2, 0.25) is 0 Å². The Morgan fingerprint density at radius 3 is 1.83 bits per heavy atom. The molecule has 1 fully saturated rings. The first kappa shape index (κ1) is 14.9. The predicted octanol–water partition coefficient (Wildman–Crippen LogP) is -0.443. The van der Waals surface area contributed by atoms with Gasteiger partial charge in [0.1, 0.15) is 0 Å². The summed E-state index contributed by atoms with van der Waals surface area (Å²) in [5.74, 6) is -0.586. The zero-order valence-electron chi connectivity index (χ0n) is 11.3. The molecular formula is C12H23N3O3. The van der Waals surface area contributed by atoms with E-state index < -0.39 is 5.97 Å². The Balaban J connectivity index is 2.15. The zero-order chi connectivity index (χ0) is 13.5. The Kier molecular flexibility index (Phi) is 6.07. The lowest BCUT2D eigenvalue weighted by molar-refractivity contribution is -0.137. The number of hydrogen-bond donors (Lipinski definition) is 1. The molecule has 0 aromatic carbocycles. The van der Waals surface area contributed by atoms with Crippen LogP contribution >= 0.6 is 0 Å². The normalized spacial score (nSPS) is 17.7. The van der Waals surface area contributed by atoms with E-state index in [0.29, 0.717) is 13.0 Å². The van der Waals surface area contributed by atoms with Crippen LogP contribution in [-0.4, -0.2) is 85.0 Å². The van der Waals surface area contributed by atoms with Crippen LogP contribution < -0.4 is 0 Å². The molecule has 1 amide bonds. The SMILES string of the molecule is CN(C)C(=O)CCN1CCN(CCC(=O)O)CC1. The van der Waals surface area contributed by atoms with Gasteiger partial charge in [0.2, 0.25) is 5.91 Å². The van der Waals surface area contributed by atoms with Crippen LogP contribution in [0.1, 0.15) is 12.8 Å². The van der Waals surface area contributed by atoms with Crippen molar-refractivity contribution in [3.05, 3.63) is 0 Å². The third-order valence-corrected chi connectivity index (χ3v) is 3.25. The van der Waals surface area contributed by atoms with Crippen LogP contribution in [-0.2, 0) is 9.59 Å². The molecule has 1 aliphatic heterocycles. The number of piperazine rings is 1. The van der Waals surface area contributed by atoms with E-state index in [9.17, 15) is 9.59 Å². The molecule has 0 spiro atoms. The first-order valence-corrected chi connectivity index (χ1v) is 6.35. The summed E-state index contributed by atoms with van der Waals surface area (Å²) < 4.78 is 0. The second kappa shape index (κ2) is 7.33. The maximum absolute atomic E-state index is 11.5. The summed E-state index contributed by atoms with van der Waals surface area (Å²) in [7, 11) is 3.54. The maximum Gasteiger partial charge on any atom is 0.304 e. The van der Waals surface area contributed by atoms with E-state index in [1.165, 1.54) is 0 Å². The van der Waals surface area contributed by atoms with Gasteiger partial charge in [0, 0.05) is 59.8 Å². The van der Waals surface area contributed by atoms with Crippen molar-refractivity contribution in [2.75, 3.05) is 53.4 Å². The fourth-order valence-corrected chi connectivity index (χ4v) is 1.97. The first-order chi connectivity index (χ1) is 8.49. The summed E-state index contributed by atoms with van der Waals surface area (Å²) in [5, 5.41) is 8.61. The molecular weight excluding hydrogens is 234 g/mol. The number of hydrogen-bond acceptors (Lipinski definition) is 4. The van der Waals surface area contributed by atoms with Crippen LogP contribution in [0.5, 0.6) is 0 Å². The Morgan fingerprint density at radius 2 is 1.44 bits per heavy atom. The van der Waals surface area contributed by atoms with Crippen molar-refractivity contribution in [2.24, 2.45) is 0 Å². The number of nitrogens with zero attached hydrogens (tertiary/aromatic N) is 3. The van der Waals surface area contributed by atoms with Crippen LogP contribution in [0.3, 0.4) is 0 Å². The van der Waals surface area contributed by atoms with Gasteiger partial charge in [0.05, 0.1) is 6.42 Å². The topological polar surface area (TPSA) is 64.1 Å². The molecule has 0 aliphatic carbocycles. The number of carboxylic acids is 1. The average molecular weight is 257 g/mol. The van der Waals surface area contributed by atoms with Crippen molar-refractivity contribution in [1.29, 1.82) is 0 Å². The zero-order valence-corrected chi connectivity index (χ0v) is 11.3. The van der Waals surface area contributed by atoms with E-state index in [1.54, 1.807) is 19.0 Å². The molecule has 0 radical (unpaired) electrons. The van der Waals surface area contributed by atoms with E-state index >= 15 is 0 Å². The van der Waals surface area contributed by atoms with Gasteiger partial charge in [-0.15, -0.1) is 0 Å². The maximum atomic E-state index is 11.5. The smallest absolute Gasteiger partial charge is 0.304 e. The van der Waals surface area contributed by atoms with Gasteiger partial charge in [-0.1, -0.05) is 0 Å². The van der Waals surface area contributed by atoms with Gasteiger partial charge in [-0.05, 0) is 0 Å². The molecule has 0 bridgehead atoms. The minimum atomic E-state index is -0.742. The van der Waals surface area contributed by atoms with Crippen LogP contribution in [0, 0.1) is 0 Å². The van der Waals surface area contributed by atoms with E-state index in [0.717, 1.165) is 32.7 Å². The second-order valence-electron chi connectivity index (χ2n) is 4.87. The van der Waals surface area contributed by atoms with Crippen molar-refractivity contribution in [3.8, 4) is 0 Å². The highest BCUT2D eigenvalue weighted by Crippen LogP contribution is 2.03. The average Bonchev–Trinajstić information content (AvgIpc) is 2.34. The fraction of sp³-hybridized carbons (Fsp3) is 0.833. The van der Waals surface area contributed by atoms with Crippen molar-refractivity contribution < 1.29 is 14.7 Å². The van der Waals surface area contributed by atoms with Crippen LogP contribution in [0.15, 0.2) is 0 Å². The molecule has 1 rings (SSSR count). The van der Waals surface area contributed by atoms with Gasteiger partial charge in [-0.3, -0.25) is 9.59 Å². The summed E-state index contributed by atoms with van der Waals surface area (Å²) in [6, 6.07) is 0. The van der Waals surface area contributed by atoms with Crippen molar-refractivity contribution >= 4 is 11.9 Å². The summed E-state index contributed by atoms with van der Waals surface area (Å²) in [5.41, 5.74) is 0. The molecule has 0 atom stereocenters. The third-order valence-electron chi connectivity index (χ3n) is 3.25. The molecule has 1 N–H and O–H groups in total. The molecule has 0 aromatic heterocycles. The predicted molar refractivity (Wildman–Crippen MR) is 68.4 cm³/mol. The quantitative estimate of drug-likeness (QED) is 0.699. The Hall–Kier alpha value is -1.14. The molecule has 0 saturated carbocycles. The van der Waals surface area contributed by atoms with Crippen molar-refractivity contribution in [3.63, 3.8) is 0 Å². The van der Waals surface area contributed by atoms with E-state index in [4.69, 9.17) is 5.11 Å². The monoisotopic (exact) mass is 257 g/mol. The lowest BCUT2D eigenvalue weighted by Gasteiger charge is -2.34. The largest absolute Gasteiger partial charge is 0.481 e. The van der Waals surface area contributed by atoms with Gasteiger partial charge in [0.15, 0.2) is 0 Å². The lowest BCUT2D eigenvalue weighted by atomic mass is 10.2. The van der Waals surface area contributed by atoms with Gasteiger partial charge in [-0.25, -0.2) is 0 Å². The fourth-order valence-electron chi connectivity index (χ4n) is 1.97. The minimum Gasteiger partial charge on any atom is -0.481 e. The van der Waals surface area contributed by atoms with Crippen LogP contribution in [0.25, 0.3) is 0 Å². The lowest BCUT2D eigenvalue weighted by Crippen LogP contribution is -2.47. The molecule has 1 heterocycles. The molecule has 18 heavy (non-hydrogen) atoms. The molecule has 0 unspecified atom stereocenters. The highest BCUT2D eigenvalue weighted by Gasteiger charge is 2.18. The molecule has 1 saturated heterocycles. The first-order valence-electron chi connectivity index (χ1n) is 6.35. The van der Waals surface area contributed by atoms with Crippen LogP contribution in [0.4, 0.5) is 0 Å². The standard InChI is InChI=1S/C12H23N3O3/c1-13(2)11(16)3-5-14-7-9-15(10-8-14)6-4-12(17)18/h3-10H2,1-2H3,(H,17,18). The molecule has 104 valence electrons. The number of amides is 1. The third kappa shape index (κ3) is 5.46. The van der Waals surface area contributed by atoms with Gasteiger partial charge >= 0.3 is 5.97 Å². The van der Waals surface area contributed by atoms with E-state index in [-0.39, 0.29) is 12.3 Å². The highest BCUT2D eigenvalue weighted by molar-refractivity contribution is 5.75. The number of carboxylic acid groups (broad SMARTS) is 1. The second-order valence-corrected chi connectivity index (χ2v) is 4.87. The van der Waals surface area contributed by atoms with Gasteiger partial charge < -0.3 is 19.8 Å². The van der Waals surface area contributed by atoms with Gasteiger partial charge in [0.25, 0.3) is 0 Å². The molecule has 6 nitrogen and oxygen atoms in total.